The van der Waals surface area contributed by atoms with E-state index in [-0.39, 0.29) is 11.5 Å². The number of nitrogens with zero attached hydrogens (tertiary/aromatic N) is 2. The lowest BCUT2D eigenvalue weighted by Gasteiger charge is -2.39. The SMILES string of the molecule is CCN(CCCC(C#N)(c1ccc(C(F)(F)F)c(C(F)(F)F)c1)C1CCCCC1)CCc1ccccc1. The van der Waals surface area contributed by atoms with Crippen molar-refractivity contribution in [2.45, 2.75) is 76.1 Å². The molecule has 3 rings (SSSR count). The molecule has 0 radical (unpaired) electrons. The highest BCUT2D eigenvalue weighted by molar-refractivity contribution is 5.43. The molecule has 0 bridgehead atoms. The van der Waals surface area contributed by atoms with Gasteiger partial charge in [0.25, 0.3) is 0 Å². The van der Waals surface area contributed by atoms with E-state index in [2.05, 4.69) is 23.1 Å². The van der Waals surface area contributed by atoms with Crippen molar-refractivity contribution in [2.24, 2.45) is 5.92 Å². The standard InChI is InChI=1S/C29H34F6N2/c1-2-37(19-16-22-10-5-3-6-11-22)18-9-17-27(21-36,23-12-7-4-8-13-23)24-14-15-25(28(30,31)32)26(20-24)29(33,34)35/h3,5-6,10-11,14-15,20,23H,2,4,7-9,12-13,16-19H2,1H3. The number of likely N-dealkylation sites (N-methyl/N-ethyl adjacent to an activating group) is 1. The summed E-state index contributed by atoms with van der Waals surface area (Å²) in [6.45, 7) is 4.29. The topological polar surface area (TPSA) is 27.0 Å². The monoisotopic (exact) mass is 524 g/mol. The minimum atomic E-state index is -5.18. The van der Waals surface area contributed by atoms with Crippen molar-refractivity contribution in [1.82, 2.24) is 4.90 Å². The summed E-state index contributed by atoms with van der Waals surface area (Å²) in [6.07, 6.45) is -4.51. The number of hydrogen-bond donors (Lipinski definition) is 0. The highest BCUT2D eigenvalue weighted by Crippen LogP contribution is 2.47. The molecule has 202 valence electrons. The summed E-state index contributed by atoms with van der Waals surface area (Å²) in [5.41, 5.74) is -3.43. The van der Waals surface area contributed by atoms with Gasteiger partial charge in [-0.2, -0.15) is 31.6 Å². The maximum atomic E-state index is 13.7. The molecule has 2 aromatic rings. The summed E-state index contributed by atoms with van der Waals surface area (Å²) < 4.78 is 81.4. The summed E-state index contributed by atoms with van der Waals surface area (Å²) in [7, 11) is 0. The largest absolute Gasteiger partial charge is 0.417 e. The first kappa shape index (κ1) is 29.0. The average Bonchev–Trinajstić information content (AvgIpc) is 2.88. The summed E-state index contributed by atoms with van der Waals surface area (Å²) in [4.78, 5) is 2.24. The van der Waals surface area contributed by atoms with Gasteiger partial charge in [-0.25, -0.2) is 0 Å². The average molecular weight is 525 g/mol. The number of benzene rings is 2. The maximum Gasteiger partial charge on any atom is 0.417 e. The molecule has 1 aliphatic rings. The van der Waals surface area contributed by atoms with Crippen LogP contribution in [-0.4, -0.2) is 24.5 Å². The van der Waals surface area contributed by atoms with Crippen molar-refractivity contribution in [3.63, 3.8) is 0 Å². The Morgan fingerprint density at radius 2 is 1.51 bits per heavy atom. The first-order chi connectivity index (χ1) is 17.5. The molecule has 0 amide bonds. The summed E-state index contributed by atoms with van der Waals surface area (Å²) in [5, 5.41) is 10.4. The van der Waals surface area contributed by atoms with Gasteiger partial charge in [-0.15, -0.1) is 0 Å². The fraction of sp³-hybridized carbons (Fsp3) is 0.552. The third-order valence-corrected chi connectivity index (χ3v) is 7.70. The first-order valence-corrected chi connectivity index (χ1v) is 13.0. The van der Waals surface area contributed by atoms with Gasteiger partial charge in [-0.3, -0.25) is 0 Å². The van der Waals surface area contributed by atoms with Crippen LogP contribution < -0.4 is 0 Å². The van der Waals surface area contributed by atoms with E-state index < -0.39 is 28.9 Å². The van der Waals surface area contributed by atoms with E-state index in [1.54, 1.807) is 0 Å². The summed E-state index contributed by atoms with van der Waals surface area (Å²) in [6, 6.07) is 14.6. The lowest BCUT2D eigenvalue weighted by Crippen LogP contribution is -2.37. The van der Waals surface area contributed by atoms with Crippen molar-refractivity contribution in [3.8, 4) is 6.07 Å². The van der Waals surface area contributed by atoms with Gasteiger partial charge in [-0.05, 0) is 74.4 Å². The van der Waals surface area contributed by atoms with Crippen LogP contribution in [0.4, 0.5) is 26.3 Å². The van der Waals surface area contributed by atoms with Crippen LogP contribution in [0.3, 0.4) is 0 Å². The van der Waals surface area contributed by atoms with E-state index in [4.69, 9.17) is 0 Å². The number of hydrogen-bond acceptors (Lipinski definition) is 2. The number of rotatable bonds is 10. The van der Waals surface area contributed by atoms with Crippen LogP contribution in [0.1, 0.15) is 74.1 Å². The maximum absolute atomic E-state index is 13.7. The zero-order valence-electron chi connectivity index (χ0n) is 21.1. The van der Waals surface area contributed by atoms with Gasteiger partial charge in [0.15, 0.2) is 0 Å². The second-order valence-corrected chi connectivity index (χ2v) is 9.95. The van der Waals surface area contributed by atoms with Gasteiger partial charge in [-0.1, -0.05) is 62.6 Å². The molecule has 0 spiro atoms. The Kier molecular flexibility index (Phi) is 9.68. The highest BCUT2D eigenvalue weighted by atomic mass is 19.4. The molecule has 2 nitrogen and oxygen atoms in total. The molecule has 0 aliphatic heterocycles. The minimum absolute atomic E-state index is 0.0505. The molecule has 0 N–H and O–H groups in total. The molecule has 0 aromatic heterocycles. The van der Waals surface area contributed by atoms with Gasteiger partial charge in [0.05, 0.1) is 22.6 Å². The van der Waals surface area contributed by atoms with E-state index >= 15 is 0 Å². The quantitative estimate of drug-likeness (QED) is 0.292. The Balaban J connectivity index is 1.87. The Hall–Kier alpha value is -2.53. The van der Waals surface area contributed by atoms with E-state index in [0.29, 0.717) is 44.4 Å². The number of halogens is 6. The van der Waals surface area contributed by atoms with E-state index in [1.165, 1.54) is 5.56 Å². The first-order valence-electron chi connectivity index (χ1n) is 13.0. The Bertz CT molecular complexity index is 1040. The zero-order chi connectivity index (χ0) is 27.1. The molecule has 1 unspecified atom stereocenters. The predicted octanol–water partition coefficient (Wildman–Crippen LogP) is 8.41. The fourth-order valence-corrected chi connectivity index (χ4v) is 5.64. The molecular weight excluding hydrogens is 490 g/mol. The fourth-order valence-electron chi connectivity index (χ4n) is 5.64. The van der Waals surface area contributed by atoms with Gasteiger partial charge in [0.1, 0.15) is 0 Å². The molecule has 1 saturated carbocycles. The smallest absolute Gasteiger partial charge is 0.303 e. The molecule has 1 aliphatic carbocycles. The molecular formula is C29H34F6N2. The van der Waals surface area contributed by atoms with Crippen molar-refractivity contribution in [2.75, 3.05) is 19.6 Å². The van der Waals surface area contributed by atoms with Crippen LogP contribution in [0.5, 0.6) is 0 Å². The second kappa shape index (κ2) is 12.3. The lowest BCUT2D eigenvalue weighted by molar-refractivity contribution is -0.162. The molecule has 0 heterocycles. The lowest BCUT2D eigenvalue weighted by atomic mass is 9.63. The van der Waals surface area contributed by atoms with Crippen molar-refractivity contribution in [1.29, 1.82) is 5.26 Å². The summed E-state index contributed by atoms with van der Waals surface area (Å²) >= 11 is 0. The zero-order valence-corrected chi connectivity index (χ0v) is 21.1. The third-order valence-electron chi connectivity index (χ3n) is 7.70. The molecule has 0 saturated heterocycles. The van der Waals surface area contributed by atoms with Gasteiger partial charge in [0, 0.05) is 6.54 Å². The molecule has 2 aromatic carbocycles. The molecule has 8 heteroatoms. The van der Waals surface area contributed by atoms with Crippen molar-refractivity contribution in [3.05, 3.63) is 70.8 Å². The Morgan fingerprint density at radius 3 is 2.08 bits per heavy atom. The van der Waals surface area contributed by atoms with E-state index in [1.807, 2.05) is 25.1 Å². The molecule has 1 fully saturated rings. The normalized spacial score (nSPS) is 16.9. The van der Waals surface area contributed by atoms with Gasteiger partial charge in [0.2, 0.25) is 0 Å². The predicted molar refractivity (Wildman–Crippen MR) is 132 cm³/mol. The number of alkyl halides is 6. The van der Waals surface area contributed by atoms with Crippen molar-refractivity contribution < 1.29 is 26.3 Å². The van der Waals surface area contributed by atoms with Crippen LogP contribution in [0.25, 0.3) is 0 Å². The Morgan fingerprint density at radius 1 is 0.865 bits per heavy atom. The number of nitriles is 1. The van der Waals surface area contributed by atoms with Crippen LogP contribution >= 0.6 is 0 Å². The van der Waals surface area contributed by atoms with E-state index in [9.17, 15) is 31.6 Å². The van der Waals surface area contributed by atoms with Crippen LogP contribution in [-0.2, 0) is 24.2 Å². The summed E-state index contributed by atoms with van der Waals surface area (Å²) in [5.74, 6) is -0.191. The molecule has 37 heavy (non-hydrogen) atoms. The van der Waals surface area contributed by atoms with Gasteiger partial charge >= 0.3 is 12.4 Å². The van der Waals surface area contributed by atoms with Crippen LogP contribution in [0, 0.1) is 17.2 Å². The van der Waals surface area contributed by atoms with Crippen LogP contribution in [0.15, 0.2) is 48.5 Å². The van der Waals surface area contributed by atoms with Crippen molar-refractivity contribution >= 4 is 0 Å². The second-order valence-electron chi connectivity index (χ2n) is 9.95. The van der Waals surface area contributed by atoms with E-state index in [0.717, 1.165) is 44.8 Å². The Labute approximate surface area is 215 Å². The minimum Gasteiger partial charge on any atom is -0.303 e. The van der Waals surface area contributed by atoms with Gasteiger partial charge < -0.3 is 4.90 Å². The highest BCUT2D eigenvalue weighted by Gasteiger charge is 2.46. The third kappa shape index (κ3) is 7.28. The molecule has 1 atom stereocenters. The van der Waals surface area contributed by atoms with Crippen LogP contribution in [0.2, 0.25) is 0 Å².